The lowest BCUT2D eigenvalue weighted by molar-refractivity contribution is -0.129. The van der Waals surface area contributed by atoms with E-state index in [4.69, 9.17) is 14.9 Å². The Kier molecular flexibility index (Phi) is 8.57. The van der Waals surface area contributed by atoms with Gasteiger partial charge in [0.2, 0.25) is 5.91 Å². The zero-order valence-corrected chi connectivity index (χ0v) is 22.5. The van der Waals surface area contributed by atoms with E-state index in [9.17, 15) is 18.8 Å². The van der Waals surface area contributed by atoms with Crippen LogP contribution >= 0.6 is 11.3 Å². The number of benzene rings is 1. The SMILES string of the molecule is COc1ccc(F)cc1CCn1c(=O)n(C2CCN(C)C2=O)c(=O)c2c(C)c(-n3nccn3)sc21.OCCO. The normalized spacial score (nSPS) is 15.1. The van der Waals surface area contributed by atoms with Crippen molar-refractivity contribution in [3.05, 3.63) is 68.4 Å². The van der Waals surface area contributed by atoms with Crippen molar-refractivity contribution in [2.45, 2.75) is 32.4 Å². The number of thiophene rings is 1. The number of nitrogens with zero attached hydrogens (tertiary/aromatic N) is 6. The molecule has 3 aromatic heterocycles. The Morgan fingerprint density at radius 3 is 2.44 bits per heavy atom. The monoisotopic (exact) mass is 560 g/mol. The number of aliphatic hydroxyl groups excluding tert-OH is 2. The Bertz CT molecular complexity index is 1590. The van der Waals surface area contributed by atoms with Crippen LogP contribution in [-0.2, 0) is 17.8 Å². The minimum atomic E-state index is -0.870. The molecule has 1 saturated heterocycles. The highest BCUT2D eigenvalue weighted by molar-refractivity contribution is 7.21. The van der Waals surface area contributed by atoms with E-state index >= 15 is 0 Å². The molecule has 1 amide bonds. The van der Waals surface area contributed by atoms with Gasteiger partial charge in [-0.1, -0.05) is 11.3 Å². The van der Waals surface area contributed by atoms with E-state index in [1.54, 1.807) is 14.0 Å². The van der Waals surface area contributed by atoms with Gasteiger partial charge in [-0.2, -0.15) is 10.2 Å². The van der Waals surface area contributed by atoms with Crippen LogP contribution in [0.25, 0.3) is 15.2 Å². The van der Waals surface area contributed by atoms with Gasteiger partial charge in [0, 0.05) is 25.7 Å². The topological polar surface area (TPSA) is 145 Å². The molecule has 0 spiro atoms. The molecule has 2 N–H and O–H groups in total. The summed E-state index contributed by atoms with van der Waals surface area (Å²) in [6, 6.07) is 3.34. The molecule has 39 heavy (non-hydrogen) atoms. The molecule has 1 atom stereocenters. The Balaban J connectivity index is 0.000000826. The summed E-state index contributed by atoms with van der Waals surface area (Å²) in [5.74, 6) is -0.189. The molecule has 1 aliphatic rings. The van der Waals surface area contributed by atoms with Gasteiger partial charge in [0.15, 0.2) is 0 Å². The highest BCUT2D eigenvalue weighted by Gasteiger charge is 2.34. The number of halogens is 1. The van der Waals surface area contributed by atoms with Crippen LogP contribution < -0.4 is 16.0 Å². The number of likely N-dealkylation sites (tertiary alicyclic amines) is 1. The molecular formula is C25H29FN6O6S. The van der Waals surface area contributed by atoms with Crippen LogP contribution in [-0.4, -0.2) is 79.1 Å². The van der Waals surface area contributed by atoms with E-state index in [0.717, 1.165) is 4.57 Å². The first kappa shape index (κ1) is 28.1. The smallest absolute Gasteiger partial charge is 0.332 e. The maximum Gasteiger partial charge on any atom is 0.332 e. The van der Waals surface area contributed by atoms with Gasteiger partial charge in [-0.3, -0.25) is 14.2 Å². The summed E-state index contributed by atoms with van der Waals surface area (Å²) >= 11 is 1.22. The molecule has 0 radical (unpaired) electrons. The first-order valence-corrected chi connectivity index (χ1v) is 13.0. The van der Waals surface area contributed by atoms with E-state index < -0.39 is 23.1 Å². The lowest BCUT2D eigenvalue weighted by Crippen LogP contribution is -2.44. The van der Waals surface area contributed by atoms with Gasteiger partial charge in [-0.05, 0) is 43.5 Å². The molecule has 0 aliphatic carbocycles. The van der Waals surface area contributed by atoms with Gasteiger partial charge in [0.05, 0.1) is 38.1 Å². The third-order valence-corrected chi connectivity index (χ3v) is 7.76. The summed E-state index contributed by atoms with van der Waals surface area (Å²) in [4.78, 5) is 43.5. The molecule has 1 aromatic carbocycles. The number of hydrogen-bond donors (Lipinski definition) is 2. The number of aromatic nitrogens is 5. The second kappa shape index (κ2) is 11.9. The molecule has 1 fully saturated rings. The minimum absolute atomic E-state index is 0.125. The number of methoxy groups -OCH3 is 1. The molecular weight excluding hydrogens is 531 g/mol. The summed E-state index contributed by atoms with van der Waals surface area (Å²) in [7, 11) is 3.15. The summed E-state index contributed by atoms with van der Waals surface area (Å²) < 4.78 is 21.8. The van der Waals surface area contributed by atoms with E-state index in [-0.39, 0.29) is 32.1 Å². The van der Waals surface area contributed by atoms with Crippen LogP contribution in [0.15, 0.2) is 40.2 Å². The van der Waals surface area contributed by atoms with E-state index in [0.29, 0.717) is 45.1 Å². The molecule has 12 nitrogen and oxygen atoms in total. The van der Waals surface area contributed by atoms with Gasteiger partial charge in [0.25, 0.3) is 5.56 Å². The van der Waals surface area contributed by atoms with E-state index in [1.165, 1.54) is 63.3 Å². The van der Waals surface area contributed by atoms with E-state index in [1.807, 2.05) is 0 Å². The van der Waals surface area contributed by atoms with Gasteiger partial charge in [-0.15, -0.1) is 4.80 Å². The standard InChI is InChI=1S/C23H23FN6O4S.C2H6O2/c1-13-18-20(32)29(16-7-10-27(2)19(16)31)23(33)28(22(18)35-21(13)30-25-8-9-26-30)11-6-14-12-15(24)4-5-17(14)34-3;3-1-2-4/h4-5,8-9,12,16H,6-7,10-11H2,1-3H3;3-4H,1-2H2. The molecule has 4 aromatic rings. The zero-order chi connectivity index (χ0) is 28.3. The Labute approximate surface area is 226 Å². The van der Waals surface area contributed by atoms with Crippen LogP contribution in [0.3, 0.4) is 0 Å². The number of aryl methyl sites for hydroxylation is 3. The number of carbonyl (C=O) groups is 1. The fourth-order valence-electron chi connectivity index (χ4n) is 4.55. The zero-order valence-electron chi connectivity index (χ0n) is 21.7. The summed E-state index contributed by atoms with van der Waals surface area (Å²) in [6.07, 6.45) is 3.69. The molecule has 4 heterocycles. The van der Waals surface area contributed by atoms with Gasteiger partial charge in [-0.25, -0.2) is 13.8 Å². The summed E-state index contributed by atoms with van der Waals surface area (Å²) in [5.41, 5.74) is 0.123. The van der Waals surface area contributed by atoms with Crippen molar-refractivity contribution in [3.63, 3.8) is 0 Å². The number of hydrogen-bond acceptors (Lipinski definition) is 9. The maximum atomic E-state index is 13.9. The molecule has 208 valence electrons. The number of ether oxygens (including phenoxy) is 1. The van der Waals surface area contributed by atoms with Crippen molar-refractivity contribution >= 4 is 27.5 Å². The fourth-order valence-corrected chi connectivity index (χ4v) is 5.79. The summed E-state index contributed by atoms with van der Waals surface area (Å²) in [5, 5.41) is 24.5. The van der Waals surface area contributed by atoms with Crippen LogP contribution in [0, 0.1) is 12.7 Å². The number of likely N-dealkylation sites (N-methyl/N-ethyl adjacent to an activating group) is 1. The van der Waals surface area contributed by atoms with Crippen molar-refractivity contribution in [3.8, 4) is 10.8 Å². The molecule has 14 heteroatoms. The maximum absolute atomic E-state index is 13.9. The predicted octanol–water partition coefficient (Wildman–Crippen LogP) is 0.878. The van der Waals surface area contributed by atoms with E-state index in [2.05, 4.69) is 10.2 Å². The van der Waals surface area contributed by atoms with Crippen molar-refractivity contribution in [1.29, 1.82) is 0 Å². The largest absolute Gasteiger partial charge is 0.496 e. The van der Waals surface area contributed by atoms with Crippen LogP contribution in [0.2, 0.25) is 0 Å². The third kappa shape index (κ3) is 5.35. The minimum Gasteiger partial charge on any atom is -0.496 e. The lowest BCUT2D eigenvalue weighted by Gasteiger charge is -2.17. The highest BCUT2D eigenvalue weighted by atomic mass is 32.1. The number of amides is 1. The third-order valence-electron chi connectivity index (χ3n) is 6.48. The van der Waals surface area contributed by atoms with Crippen molar-refractivity contribution < 1.29 is 24.1 Å². The van der Waals surface area contributed by atoms with Crippen molar-refractivity contribution in [2.75, 3.05) is 33.9 Å². The highest BCUT2D eigenvalue weighted by Crippen LogP contribution is 2.31. The second-order valence-electron chi connectivity index (χ2n) is 8.86. The number of rotatable bonds is 7. The first-order chi connectivity index (χ1) is 18.7. The van der Waals surface area contributed by atoms with Gasteiger partial charge < -0.3 is 19.8 Å². The number of fused-ring (bicyclic) bond motifs is 1. The summed E-state index contributed by atoms with van der Waals surface area (Å²) in [6.45, 7) is 2.13. The average molecular weight is 561 g/mol. The number of aliphatic hydroxyl groups is 2. The van der Waals surface area contributed by atoms with Gasteiger partial charge in [0.1, 0.15) is 27.4 Å². The van der Waals surface area contributed by atoms with Crippen molar-refractivity contribution in [2.24, 2.45) is 0 Å². The Morgan fingerprint density at radius 2 is 1.85 bits per heavy atom. The van der Waals surface area contributed by atoms with Crippen molar-refractivity contribution in [1.82, 2.24) is 29.0 Å². The first-order valence-electron chi connectivity index (χ1n) is 12.2. The number of carbonyl (C=O) groups excluding carboxylic acids is 1. The lowest BCUT2D eigenvalue weighted by atomic mass is 10.1. The molecule has 0 saturated carbocycles. The molecule has 0 bridgehead atoms. The van der Waals surface area contributed by atoms with Crippen LogP contribution in [0.5, 0.6) is 5.75 Å². The Hall–Kier alpha value is -3.88. The molecule has 5 rings (SSSR count). The predicted molar refractivity (Wildman–Crippen MR) is 142 cm³/mol. The van der Waals surface area contributed by atoms with Gasteiger partial charge >= 0.3 is 5.69 Å². The Morgan fingerprint density at radius 1 is 1.15 bits per heavy atom. The fraction of sp³-hybridized carbons (Fsp3) is 0.400. The molecule has 1 aliphatic heterocycles. The second-order valence-corrected chi connectivity index (χ2v) is 9.84. The van der Waals surface area contributed by atoms with Crippen LogP contribution in [0.1, 0.15) is 23.6 Å². The van der Waals surface area contributed by atoms with Crippen LogP contribution in [0.4, 0.5) is 4.39 Å². The average Bonchev–Trinajstić information content (AvgIpc) is 3.65. The molecule has 1 unspecified atom stereocenters. The quantitative estimate of drug-likeness (QED) is 0.339.